The van der Waals surface area contributed by atoms with E-state index >= 15 is 0 Å². The summed E-state index contributed by atoms with van der Waals surface area (Å²) in [6.45, 7) is 2.48. The minimum atomic E-state index is -0.579. The van der Waals surface area contributed by atoms with Gasteiger partial charge in [-0.1, -0.05) is 6.07 Å². The van der Waals surface area contributed by atoms with Crippen LogP contribution < -0.4 is 0 Å². The van der Waals surface area contributed by atoms with Crippen molar-refractivity contribution in [3.8, 4) is 6.07 Å². The lowest BCUT2D eigenvalue weighted by atomic mass is 10.0. The number of benzene rings is 1. The van der Waals surface area contributed by atoms with Crippen LogP contribution in [0, 0.1) is 11.3 Å². The topological polar surface area (TPSA) is 70.4 Å². The van der Waals surface area contributed by atoms with Crippen LogP contribution in [0.1, 0.15) is 42.1 Å². The maximum Gasteiger partial charge on any atom is 0.338 e. The third-order valence-corrected chi connectivity index (χ3v) is 3.68. The SMILES string of the molecule is CC1CCCCN1C(=O)COC(=O)c1cccc(C#N)c1. The molecule has 1 aromatic rings. The fraction of sp³-hybridized carbons (Fsp3) is 0.438. The zero-order valence-corrected chi connectivity index (χ0v) is 12.0. The molecule has 1 fully saturated rings. The Morgan fingerprint density at radius 2 is 2.24 bits per heavy atom. The maximum absolute atomic E-state index is 12.1. The Labute approximate surface area is 124 Å². The van der Waals surface area contributed by atoms with Crippen molar-refractivity contribution in [1.29, 1.82) is 5.26 Å². The van der Waals surface area contributed by atoms with Crippen LogP contribution in [-0.2, 0) is 9.53 Å². The number of hydrogen-bond donors (Lipinski definition) is 0. The van der Waals surface area contributed by atoms with Crippen molar-refractivity contribution in [2.45, 2.75) is 32.2 Å². The molecule has 0 aliphatic carbocycles. The summed E-state index contributed by atoms with van der Waals surface area (Å²) in [4.78, 5) is 25.7. The second-order valence-corrected chi connectivity index (χ2v) is 5.20. The van der Waals surface area contributed by atoms with E-state index in [2.05, 4.69) is 0 Å². The van der Waals surface area contributed by atoms with Crippen LogP contribution >= 0.6 is 0 Å². The quantitative estimate of drug-likeness (QED) is 0.798. The van der Waals surface area contributed by atoms with Gasteiger partial charge in [0.25, 0.3) is 5.91 Å². The molecule has 21 heavy (non-hydrogen) atoms. The molecule has 1 amide bonds. The van der Waals surface area contributed by atoms with Gasteiger partial charge in [0.05, 0.1) is 17.2 Å². The van der Waals surface area contributed by atoms with Gasteiger partial charge in [-0.3, -0.25) is 4.79 Å². The summed E-state index contributed by atoms with van der Waals surface area (Å²) in [5.74, 6) is -0.739. The fourth-order valence-electron chi connectivity index (χ4n) is 2.48. The number of nitriles is 1. The van der Waals surface area contributed by atoms with Crippen molar-refractivity contribution in [2.75, 3.05) is 13.2 Å². The molecule has 5 nitrogen and oxygen atoms in total. The lowest BCUT2D eigenvalue weighted by Gasteiger charge is -2.33. The molecule has 1 saturated heterocycles. The molecule has 1 unspecified atom stereocenters. The summed E-state index contributed by atoms with van der Waals surface area (Å²) in [5.41, 5.74) is 0.675. The zero-order chi connectivity index (χ0) is 15.2. The predicted molar refractivity (Wildman–Crippen MR) is 76.5 cm³/mol. The Kier molecular flexibility index (Phi) is 4.94. The largest absolute Gasteiger partial charge is 0.452 e. The second kappa shape index (κ2) is 6.89. The van der Waals surface area contributed by atoms with Crippen LogP contribution in [0.4, 0.5) is 0 Å². The molecule has 1 aliphatic heterocycles. The van der Waals surface area contributed by atoms with Gasteiger partial charge in [-0.05, 0) is 44.4 Å². The van der Waals surface area contributed by atoms with Crippen LogP contribution in [0.2, 0.25) is 0 Å². The minimum absolute atomic E-state index is 0.160. The highest BCUT2D eigenvalue weighted by Crippen LogP contribution is 2.16. The number of rotatable bonds is 3. The van der Waals surface area contributed by atoms with Crippen LogP contribution in [-0.4, -0.2) is 36.0 Å². The number of likely N-dealkylation sites (tertiary alicyclic amines) is 1. The number of nitrogens with zero attached hydrogens (tertiary/aromatic N) is 2. The van der Waals surface area contributed by atoms with Crippen LogP contribution in [0.3, 0.4) is 0 Å². The molecule has 0 aromatic heterocycles. The number of piperidine rings is 1. The molecule has 1 aliphatic rings. The molecule has 0 radical (unpaired) electrons. The zero-order valence-electron chi connectivity index (χ0n) is 12.0. The molecule has 0 saturated carbocycles. The van der Waals surface area contributed by atoms with Gasteiger partial charge in [-0.2, -0.15) is 5.26 Å². The van der Waals surface area contributed by atoms with Crippen molar-refractivity contribution in [3.05, 3.63) is 35.4 Å². The molecule has 110 valence electrons. The Morgan fingerprint density at radius 1 is 1.43 bits per heavy atom. The summed E-state index contributed by atoms with van der Waals surface area (Å²) < 4.78 is 5.05. The normalized spacial score (nSPS) is 17.9. The lowest BCUT2D eigenvalue weighted by molar-refractivity contribution is -0.137. The van der Waals surface area contributed by atoms with E-state index in [4.69, 9.17) is 10.00 Å². The Hall–Kier alpha value is -2.35. The van der Waals surface area contributed by atoms with Gasteiger partial charge in [0.2, 0.25) is 0 Å². The van der Waals surface area contributed by atoms with Gasteiger partial charge in [-0.15, -0.1) is 0 Å². The first-order valence-corrected chi connectivity index (χ1v) is 7.08. The van der Waals surface area contributed by atoms with Crippen molar-refractivity contribution in [1.82, 2.24) is 4.90 Å². The third-order valence-electron chi connectivity index (χ3n) is 3.68. The summed E-state index contributed by atoms with van der Waals surface area (Å²) in [6, 6.07) is 8.41. The Balaban J connectivity index is 1.91. The van der Waals surface area contributed by atoms with E-state index < -0.39 is 5.97 Å². The lowest BCUT2D eigenvalue weighted by Crippen LogP contribution is -2.44. The van der Waals surface area contributed by atoms with Crippen molar-refractivity contribution >= 4 is 11.9 Å². The molecule has 5 heteroatoms. The number of amides is 1. The van der Waals surface area contributed by atoms with Crippen molar-refractivity contribution < 1.29 is 14.3 Å². The number of carbonyl (C=O) groups is 2. The first-order chi connectivity index (χ1) is 10.1. The second-order valence-electron chi connectivity index (χ2n) is 5.20. The van der Waals surface area contributed by atoms with E-state index in [1.807, 2.05) is 13.0 Å². The van der Waals surface area contributed by atoms with Gasteiger partial charge in [0.1, 0.15) is 0 Å². The van der Waals surface area contributed by atoms with E-state index in [-0.39, 0.29) is 24.1 Å². The standard InChI is InChI=1S/C16H18N2O3/c1-12-5-2-3-8-18(12)15(19)11-21-16(20)14-7-4-6-13(9-14)10-17/h4,6-7,9,12H,2-3,5,8,11H2,1H3. The van der Waals surface area contributed by atoms with Gasteiger partial charge >= 0.3 is 5.97 Å². The van der Waals surface area contributed by atoms with Gasteiger partial charge < -0.3 is 9.64 Å². The smallest absolute Gasteiger partial charge is 0.338 e. The minimum Gasteiger partial charge on any atom is -0.452 e. The van der Waals surface area contributed by atoms with Crippen molar-refractivity contribution in [2.24, 2.45) is 0 Å². The average Bonchev–Trinajstić information content (AvgIpc) is 2.52. The summed E-state index contributed by atoms with van der Waals surface area (Å²) in [7, 11) is 0. The Morgan fingerprint density at radius 3 is 2.95 bits per heavy atom. The number of esters is 1. The van der Waals surface area contributed by atoms with E-state index in [9.17, 15) is 9.59 Å². The highest BCUT2D eigenvalue weighted by Gasteiger charge is 2.24. The fourth-order valence-corrected chi connectivity index (χ4v) is 2.48. The molecular weight excluding hydrogens is 268 g/mol. The number of hydrogen-bond acceptors (Lipinski definition) is 4. The highest BCUT2D eigenvalue weighted by molar-refractivity contribution is 5.91. The third kappa shape index (κ3) is 3.82. The van der Waals surface area contributed by atoms with E-state index in [1.165, 1.54) is 6.07 Å². The van der Waals surface area contributed by atoms with Gasteiger partial charge in [-0.25, -0.2) is 4.79 Å². The van der Waals surface area contributed by atoms with Gasteiger partial charge in [0, 0.05) is 12.6 Å². The summed E-state index contributed by atoms with van der Waals surface area (Å²) in [5, 5.41) is 8.80. The molecule has 1 atom stereocenters. The van der Waals surface area contributed by atoms with Crippen LogP contribution in [0.15, 0.2) is 24.3 Å². The number of ether oxygens (including phenoxy) is 1. The van der Waals surface area contributed by atoms with Crippen LogP contribution in [0.25, 0.3) is 0 Å². The molecule has 0 N–H and O–H groups in total. The molecule has 1 heterocycles. The molecule has 0 spiro atoms. The van der Waals surface area contributed by atoms with E-state index in [0.717, 1.165) is 25.8 Å². The maximum atomic E-state index is 12.1. The monoisotopic (exact) mass is 286 g/mol. The van der Waals surface area contributed by atoms with Gasteiger partial charge in [0.15, 0.2) is 6.61 Å². The van der Waals surface area contributed by atoms with Crippen LogP contribution in [0.5, 0.6) is 0 Å². The predicted octanol–water partition coefficient (Wildman–Crippen LogP) is 2.12. The molecular formula is C16H18N2O3. The highest BCUT2D eigenvalue weighted by atomic mass is 16.5. The molecule has 0 bridgehead atoms. The average molecular weight is 286 g/mol. The number of carbonyl (C=O) groups excluding carboxylic acids is 2. The van der Waals surface area contributed by atoms with Crippen molar-refractivity contribution in [3.63, 3.8) is 0 Å². The first kappa shape index (κ1) is 15.0. The van der Waals surface area contributed by atoms with E-state index in [1.54, 1.807) is 23.1 Å². The van der Waals surface area contributed by atoms with E-state index in [0.29, 0.717) is 5.56 Å². The first-order valence-electron chi connectivity index (χ1n) is 7.08. The molecule has 1 aromatic carbocycles. The Bertz CT molecular complexity index is 577. The summed E-state index contributed by atoms with van der Waals surface area (Å²) >= 11 is 0. The summed E-state index contributed by atoms with van der Waals surface area (Å²) in [6.07, 6.45) is 3.11. The molecule has 2 rings (SSSR count).